The van der Waals surface area contributed by atoms with Crippen LogP contribution in [0.1, 0.15) is 57.2 Å². The van der Waals surface area contributed by atoms with Crippen molar-refractivity contribution >= 4 is 40.0 Å². The fourth-order valence-electron chi connectivity index (χ4n) is 5.51. The number of aromatic hydroxyl groups is 1. The molecule has 0 radical (unpaired) electrons. The molecule has 0 unspecified atom stereocenters. The molecule has 3 aromatic carbocycles. The van der Waals surface area contributed by atoms with Crippen LogP contribution in [0.5, 0.6) is 5.88 Å². The minimum absolute atomic E-state index is 0.0616. The number of nitrogens with one attached hydrogen (secondary N) is 1. The number of aromatic nitrogens is 1. The second-order valence-electron chi connectivity index (χ2n) is 10.8. The Balaban J connectivity index is 1.36. The van der Waals surface area contributed by atoms with Crippen molar-refractivity contribution in [2.75, 3.05) is 39.8 Å². The zero-order chi connectivity index (χ0) is 30.5. The Hall–Kier alpha value is -4.76. The van der Waals surface area contributed by atoms with Crippen molar-refractivity contribution < 1.29 is 24.2 Å². The molecule has 1 fully saturated rings. The number of esters is 1. The van der Waals surface area contributed by atoms with Crippen molar-refractivity contribution in [2.24, 2.45) is 4.99 Å². The number of hydrogen-bond acceptors (Lipinski definition) is 7. The lowest BCUT2D eigenvalue weighted by Gasteiger charge is -2.34. The molecule has 0 bridgehead atoms. The van der Waals surface area contributed by atoms with E-state index in [0.717, 1.165) is 50.1 Å². The maximum absolute atomic E-state index is 12.9. The van der Waals surface area contributed by atoms with Crippen LogP contribution >= 0.6 is 0 Å². The van der Waals surface area contributed by atoms with Gasteiger partial charge in [0.2, 0.25) is 5.91 Å². The van der Waals surface area contributed by atoms with E-state index in [1.165, 1.54) is 7.11 Å². The zero-order valence-electron chi connectivity index (χ0n) is 24.7. The molecule has 1 aromatic heterocycles. The van der Waals surface area contributed by atoms with Crippen molar-refractivity contribution in [1.29, 1.82) is 0 Å². The van der Waals surface area contributed by atoms with Gasteiger partial charge in [-0.15, -0.1) is 0 Å². The maximum atomic E-state index is 12.9. The van der Waals surface area contributed by atoms with Crippen LogP contribution in [-0.2, 0) is 9.53 Å². The number of hydrogen-bond donors (Lipinski definition) is 2. The smallest absolute Gasteiger partial charge is 0.338 e. The number of carbonyl (C=O) groups excluding carboxylic acids is 3. The minimum Gasteiger partial charge on any atom is -0.494 e. The van der Waals surface area contributed by atoms with Crippen LogP contribution in [-0.4, -0.2) is 83.1 Å². The highest BCUT2D eigenvalue weighted by atomic mass is 16.5. The van der Waals surface area contributed by atoms with Gasteiger partial charge in [-0.2, -0.15) is 0 Å². The highest BCUT2D eigenvalue weighted by Crippen LogP contribution is 2.33. The van der Waals surface area contributed by atoms with Crippen molar-refractivity contribution in [2.45, 2.75) is 26.7 Å². The predicted molar refractivity (Wildman–Crippen MR) is 166 cm³/mol. The third-order valence-corrected chi connectivity index (χ3v) is 7.94. The number of Topliss-reactive ketones (excluding diaryl/α,β-unsaturated/α-hetero) is 1. The molecule has 222 valence electrons. The number of H-pyrrole nitrogens is 1. The standard InChI is InChI=1S/C34H36N4O5/c1-22-20-28-29(21-27(22)34(42)43-3)36-33(41)31(28)32(25-8-5-4-6-9-25)35-26-13-11-24(12-14-26)30(40)10-7-15-37-16-18-38(19-17-37)23(2)39/h4-6,8-9,11-14,20-21,36,41H,7,10,15-19H2,1-3H3. The Kier molecular flexibility index (Phi) is 9.01. The van der Waals surface area contributed by atoms with Gasteiger partial charge in [0.05, 0.1) is 29.6 Å². The van der Waals surface area contributed by atoms with Crippen molar-refractivity contribution in [1.82, 2.24) is 14.8 Å². The molecule has 0 saturated carbocycles. The second-order valence-corrected chi connectivity index (χ2v) is 10.8. The summed E-state index contributed by atoms with van der Waals surface area (Å²) in [5, 5.41) is 11.8. The lowest BCUT2D eigenvalue weighted by molar-refractivity contribution is -0.130. The highest BCUT2D eigenvalue weighted by molar-refractivity contribution is 6.22. The average Bonchev–Trinajstić information content (AvgIpc) is 3.34. The molecule has 1 aliphatic heterocycles. The fraction of sp³-hybridized carbons (Fsp3) is 0.294. The number of rotatable bonds is 9. The van der Waals surface area contributed by atoms with E-state index >= 15 is 0 Å². The topological polar surface area (TPSA) is 115 Å². The van der Waals surface area contributed by atoms with Crippen LogP contribution in [0.15, 0.2) is 71.7 Å². The molecule has 0 aliphatic carbocycles. The number of amides is 1. The summed E-state index contributed by atoms with van der Waals surface area (Å²) in [5.41, 5.74) is 4.85. The molecule has 0 atom stereocenters. The zero-order valence-corrected chi connectivity index (χ0v) is 24.7. The molecule has 1 aliphatic rings. The van der Waals surface area contributed by atoms with Gasteiger partial charge in [0.25, 0.3) is 0 Å². The SMILES string of the molecule is COC(=O)c1cc2[nH]c(O)c(C(=Nc3ccc(C(=O)CCCN4CCN(C(C)=O)CC4)cc3)c3ccccc3)c2cc1C. The number of ether oxygens (including phenoxy) is 1. The summed E-state index contributed by atoms with van der Waals surface area (Å²) in [6.45, 7) is 7.40. The summed E-state index contributed by atoms with van der Waals surface area (Å²) in [6, 6.07) is 20.3. The summed E-state index contributed by atoms with van der Waals surface area (Å²) in [4.78, 5) is 48.8. The number of fused-ring (bicyclic) bond motifs is 1. The first-order valence-electron chi connectivity index (χ1n) is 14.4. The van der Waals surface area contributed by atoms with E-state index in [0.29, 0.717) is 45.6 Å². The Morgan fingerprint density at radius 2 is 1.65 bits per heavy atom. The fourth-order valence-corrected chi connectivity index (χ4v) is 5.51. The van der Waals surface area contributed by atoms with Crippen LogP contribution < -0.4 is 0 Å². The van der Waals surface area contributed by atoms with Crippen molar-refractivity contribution in [3.05, 3.63) is 94.5 Å². The van der Waals surface area contributed by atoms with Gasteiger partial charge in [-0.3, -0.25) is 14.5 Å². The van der Waals surface area contributed by atoms with Crippen LogP contribution in [0.4, 0.5) is 5.69 Å². The van der Waals surface area contributed by atoms with Gasteiger partial charge < -0.3 is 19.7 Å². The second kappa shape index (κ2) is 13.0. The van der Waals surface area contributed by atoms with E-state index in [4.69, 9.17) is 9.73 Å². The number of aromatic amines is 1. The van der Waals surface area contributed by atoms with E-state index in [2.05, 4.69) is 9.88 Å². The van der Waals surface area contributed by atoms with Crippen LogP contribution in [0.25, 0.3) is 10.9 Å². The number of aryl methyl sites for hydroxylation is 1. The summed E-state index contributed by atoms with van der Waals surface area (Å²) < 4.78 is 4.91. The van der Waals surface area contributed by atoms with Crippen LogP contribution in [0.3, 0.4) is 0 Å². The quantitative estimate of drug-likeness (QED) is 0.158. The van der Waals surface area contributed by atoms with Gasteiger partial charge in [-0.25, -0.2) is 9.79 Å². The molecule has 9 nitrogen and oxygen atoms in total. The van der Waals surface area contributed by atoms with Crippen LogP contribution in [0, 0.1) is 6.92 Å². The third kappa shape index (κ3) is 6.67. The van der Waals surface area contributed by atoms with Gasteiger partial charge >= 0.3 is 5.97 Å². The number of aliphatic imine (C=N–C) groups is 1. The molecule has 43 heavy (non-hydrogen) atoms. The number of ketones is 1. The lowest BCUT2D eigenvalue weighted by Crippen LogP contribution is -2.48. The molecule has 0 spiro atoms. The average molecular weight is 581 g/mol. The largest absolute Gasteiger partial charge is 0.494 e. The van der Waals surface area contributed by atoms with Crippen LogP contribution in [0.2, 0.25) is 0 Å². The normalized spacial score (nSPS) is 14.2. The van der Waals surface area contributed by atoms with E-state index in [1.54, 1.807) is 25.1 Å². The Morgan fingerprint density at radius 1 is 0.953 bits per heavy atom. The van der Waals surface area contributed by atoms with Gasteiger partial charge in [-0.1, -0.05) is 30.3 Å². The number of carbonyl (C=O) groups is 3. The molecule has 2 heterocycles. The van der Waals surface area contributed by atoms with E-state index in [9.17, 15) is 19.5 Å². The van der Waals surface area contributed by atoms with Crippen molar-refractivity contribution in [3.8, 4) is 5.88 Å². The van der Waals surface area contributed by atoms with E-state index in [-0.39, 0.29) is 17.6 Å². The molecular weight excluding hydrogens is 544 g/mol. The number of piperazine rings is 1. The molecule has 9 heteroatoms. The molecule has 1 saturated heterocycles. The highest BCUT2D eigenvalue weighted by Gasteiger charge is 2.22. The molecule has 5 rings (SSSR count). The summed E-state index contributed by atoms with van der Waals surface area (Å²) >= 11 is 0. The third-order valence-electron chi connectivity index (χ3n) is 7.94. The first-order chi connectivity index (χ1) is 20.7. The molecule has 4 aromatic rings. The number of benzene rings is 3. The van der Waals surface area contributed by atoms with Gasteiger partial charge in [0.15, 0.2) is 11.7 Å². The van der Waals surface area contributed by atoms with Crippen molar-refractivity contribution in [3.63, 3.8) is 0 Å². The lowest BCUT2D eigenvalue weighted by atomic mass is 9.98. The number of methoxy groups -OCH3 is 1. The van der Waals surface area contributed by atoms with Gasteiger partial charge in [0.1, 0.15) is 0 Å². The van der Waals surface area contributed by atoms with E-state index in [1.807, 2.05) is 60.4 Å². The minimum atomic E-state index is -0.450. The van der Waals surface area contributed by atoms with Gasteiger partial charge in [-0.05, 0) is 61.9 Å². The monoisotopic (exact) mass is 580 g/mol. The molecular formula is C34H36N4O5. The Bertz CT molecular complexity index is 1670. The summed E-state index contributed by atoms with van der Waals surface area (Å²) in [5.74, 6) is -0.323. The molecule has 1 amide bonds. The van der Waals surface area contributed by atoms with Gasteiger partial charge in [0, 0.05) is 61.6 Å². The maximum Gasteiger partial charge on any atom is 0.338 e. The predicted octanol–water partition coefficient (Wildman–Crippen LogP) is 5.26. The van der Waals surface area contributed by atoms with E-state index < -0.39 is 5.97 Å². The summed E-state index contributed by atoms with van der Waals surface area (Å²) in [7, 11) is 1.34. The first kappa shape index (κ1) is 29.7. The Labute approximate surface area is 250 Å². The number of nitrogens with zero attached hydrogens (tertiary/aromatic N) is 3. The first-order valence-corrected chi connectivity index (χ1v) is 14.4. The Morgan fingerprint density at radius 3 is 2.30 bits per heavy atom. The summed E-state index contributed by atoms with van der Waals surface area (Å²) in [6.07, 6.45) is 1.20. The molecule has 2 N–H and O–H groups in total.